The lowest BCUT2D eigenvalue weighted by Crippen LogP contribution is -2.14. The van der Waals surface area contributed by atoms with Gasteiger partial charge in [0.25, 0.3) is 0 Å². The van der Waals surface area contributed by atoms with Crippen LogP contribution in [0.4, 0.5) is 4.39 Å². The van der Waals surface area contributed by atoms with E-state index in [1.165, 1.54) is 12.1 Å². The summed E-state index contributed by atoms with van der Waals surface area (Å²) in [5.41, 5.74) is 7.76. The van der Waals surface area contributed by atoms with E-state index in [0.717, 1.165) is 11.1 Å². The maximum absolute atomic E-state index is 13.0. The van der Waals surface area contributed by atoms with Gasteiger partial charge in [-0.1, -0.05) is 17.7 Å². The molecule has 19 heavy (non-hydrogen) atoms. The van der Waals surface area contributed by atoms with E-state index in [0.29, 0.717) is 17.2 Å². The number of aromatic nitrogens is 1. The topological polar surface area (TPSA) is 48.1 Å². The molecule has 1 heterocycles. The zero-order valence-electron chi connectivity index (χ0n) is 10.4. The molecule has 0 bridgehead atoms. The van der Waals surface area contributed by atoms with Gasteiger partial charge in [-0.05, 0) is 35.7 Å². The van der Waals surface area contributed by atoms with Crippen molar-refractivity contribution in [2.75, 3.05) is 7.11 Å². The number of hydrogen-bond donors (Lipinski definition) is 1. The van der Waals surface area contributed by atoms with Crippen LogP contribution < -0.4 is 10.5 Å². The number of nitrogens with two attached hydrogens (primary N) is 1. The average molecular weight is 281 g/mol. The molecule has 0 saturated carbocycles. The fraction of sp³-hybridized carbons (Fsp3) is 0.214. The Kier molecular flexibility index (Phi) is 4.35. The summed E-state index contributed by atoms with van der Waals surface area (Å²) in [6.45, 7) is 0. The zero-order chi connectivity index (χ0) is 13.8. The standard InChI is InChI=1S/C14H14ClFN2O/c1-19-12-4-10(7-18-8-12)14(17)5-9-2-3-11(16)6-13(9)15/h2-4,6-8,14H,5,17H2,1H3. The molecule has 0 aliphatic carbocycles. The van der Waals surface area contributed by atoms with Crippen LogP contribution in [0.15, 0.2) is 36.7 Å². The molecule has 2 rings (SSSR count). The van der Waals surface area contributed by atoms with Gasteiger partial charge in [0.2, 0.25) is 0 Å². The van der Waals surface area contributed by atoms with Gasteiger partial charge in [-0.3, -0.25) is 4.98 Å². The van der Waals surface area contributed by atoms with Crippen molar-refractivity contribution in [3.05, 3.63) is 58.6 Å². The van der Waals surface area contributed by atoms with Crippen molar-refractivity contribution in [1.29, 1.82) is 0 Å². The minimum Gasteiger partial charge on any atom is -0.495 e. The second-order valence-corrected chi connectivity index (χ2v) is 4.61. The second-order valence-electron chi connectivity index (χ2n) is 4.20. The normalized spacial score (nSPS) is 12.2. The van der Waals surface area contributed by atoms with E-state index in [2.05, 4.69) is 4.98 Å². The maximum atomic E-state index is 13.0. The van der Waals surface area contributed by atoms with Crippen LogP contribution in [-0.4, -0.2) is 12.1 Å². The van der Waals surface area contributed by atoms with E-state index in [-0.39, 0.29) is 11.9 Å². The van der Waals surface area contributed by atoms with Crippen LogP contribution in [0.25, 0.3) is 0 Å². The highest BCUT2D eigenvalue weighted by molar-refractivity contribution is 6.31. The highest BCUT2D eigenvalue weighted by atomic mass is 35.5. The van der Waals surface area contributed by atoms with Gasteiger partial charge in [-0.25, -0.2) is 4.39 Å². The Hall–Kier alpha value is -1.65. The van der Waals surface area contributed by atoms with Crippen LogP contribution in [0.5, 0.6) is 5.75 Å². The van der Waals surface area contributed by atoms with E-state index in [9.17, 15) is 4.39 Å². The van der Waals surface area contributed by atoms with Gasteiger partial charge < -0.3 is 10.5 Å². The van der Waals surface area contributed by atoms with Gasteiger partial charge in [0.1, 0.15) is 11.6 Å². The van der Waals surface area contributed by atoms with Crippen molar-refractivity contribution in [1.82, 2.24) is 4.98 Å². The molecule has 0 aliphatic heterocycles. The fourth-order valence-corrected chi connectivity index (χ4v) is 2.04. The molecule has 1 unspecified atom stereocenters. The minimum atomic E-state index is -0.356. The third-order valence-electron chi connectivity index (χ3n) is 2.85. The largest absolute Gasteiger partial charge is 0.495 e. The molecule has 1 aromatic carbocycles. The van der Waals surface area contributed by atoms with Gasteiger partial charge in [0.05, 0.1) is 13.3 Å². The quantitative estimate of drug-likeness (QED) is 0.936. The smallest absolute Gasteiger partial charge is 0.137 e. The predicted molar refractivity (Wildman–Crippen MR) is 72.8 cm³/mol. The van der Waals surface area contributed by atoms with E-state index >= 15 is 0 Å². The number of methoxy groups -OCH3 is 1. The summed E-state index contributed by atoms with van der Waals surface area (Å²) in [6, 6.07) is 5.86. The summed E-state index contributed by atoms with van der Waals surface area (Å²) < 4.78 is 18.1. The average Bonchev–Trinajstić information content (AvgIpc) is 2.42. The molecule has 100 valence electrons. The van der Waals surface area contributed by atoms with Crippen molar-refractivity contribution in [3.8, 4) is 5.75 Å². The van der Waals surface area contributed by atoms with E-state index in [1.54, 1.807) is 25.6 Å². The van der Waals surface area contributed by atoms with Crippen molar-refractivity contribution in [2.24, 2.45) is 5.73 Å². The van der Waals surface area contributed by atoms with Crippen LogP contribution in [-0.2, 0) is 6.42 Å². The Morgan fingerprint density at radius 1 is 1.37 bits per heavy atom. The summed E-state index contributed by atoms with van der Waals surface area (Å²) in [4.78, 5) is 4.06. The Morgan fingerprint density at radius 2 is 2.16 bits per heavy atom. The molecule has 0 aliphatic rings. The first-order valence-electron chi connectivity index (χ1n) is 5.78. The summed E-state index contributed by atoms with van der Waals surface area (Å²) >= 11 is 5.98. The highest BCUT2D eigenvalue weighted by Gasteiger charge is 2.11. The third-order valence-corrected chi connectivity index (χ3v) is 3.20. The van der Waals surface area contributed by atoms with Crippen LogP contribution >= 0.6 is 11.6 Å². The second kappa shape index (κ2) is 5.99. The Morgan fingerprint density at radius 3 is 2.84 bits per heavy atom. The lowest BCUT2D eigenvalue weighted by Gasteiger charge is -2.13. The Labute approximate surface area is 116 Å². The van der Waals surface area contributed by atoms with Gasteiger partial charge in [-0.2, -0.15) is 0 Å². The van der Waals surface area contributed by atoms with Gasteiger partial charge in [0.15, 0.2) is 0 Å². The summed E-state index contributed by atoms with van der Waals surface area (Å²) in [6.07, 6.45) is 3.81. The molecule has 3 nitrogen and oxygen atoms in total. The van der Waals surface area contributed by atoms with Crippen molar-refractivity contribution >= 4 is 11.6 Å². The number of ether oxygens (including phenoxy) is 1. The molecular formula is C14H14ClFN2O. The van der Waals surface area contributed by atoms with Crippen molar-refractivity contribution in [3.63, 3.8) is 0 Å². The maximum Gasteiger partial charge on any atom is 0.137 e. The number of rotatable bonds is 4. The van der Waals surface area contributed by atoms with Crippen molar-refractivity contribution < 1.29 is 9.13 Å². The molecule has 0 saturated heterocycles. The number of hydrogen-bond acceptors (Lipinski definition) is 3. The molecule has 1 aromatic heterocycles. The molecule has 0 amide bonds. The molecule has 2 N–H and O–H groups in total. The Bertz CT molecular complexity index is 577. The first-order valence-corrected chi connectivity index (χ1v) is 6.16. The van der Waals surface area contributed by atoms with Crippen molar-refractivity contribution in [2.45, 2.75) is 12.5 Å². The molecule has 0 spiro atoms. The molecular weight excluding hydrogens is 267 g/mol. The summed E-state index contributed by atoms with van der Waals surface area (Å²) in [5.74, 6) is 0.295. The molecule has 5 heteroatoms. The van der Waals surface area contributed by atoms with Crippen LogP contribution in [0.1, 0.15) is 17.2 Å². The number of benzene rings is 1. The first-order chi connectivity index (χ1) is 9.10. The zero-order valence-corrected chi connectivity index (χ0v) is 11.2. The SMILES string of the molecule is COc1cncc(C(N)Cc2ccc(F)cc2Cl)c1. The predicted octanol–water partition coefficient (Wildman–Crippen LogP) is 3.13. The van der Waals surface area contributed by atoms with Crippen LogP contribution in [0.3, 0.4) is 0 Å². The van der Waals surface area contributed by atoms with E-state index < -0.39 is 0 Å². The lowest BCUT2D eigenvalue weighted by atomic mass is 10.0. The number of halogens is 2. The monoisotopic (exact) mass is 280 g/mol. The molecule has 2 aromatic rings. The summed E-state index contributed by atoms with van der Waals surface area (Å²) in [5, 5.41) is 0.381. The van der Waals surface area contributed by atoms with Crippen LogP contribution in [0.2, 0.25) is 5.02 Å². The van der Waals surface area contributed by atoms with Gasteiger partial charge in [0, 0.05) is 17.3 Å². The minimum absolute atomic E-state index is 0.273. The van der Waals surface area contributed by atoms with Crippen LogP contribution in [0, 0.1) is 5.82 Å². The Balaban J connectivity index is 2.17. The highest BCUT2D eigenvalue weighted by Crippen LogP contribution is 2.24. The number of nitrogens with zero attached hydrogens (tertiary/aromatic N) is 1. The first kappa shape index (κ1) is 13.8. The molecule has 1 atom stereocenters. The van der Waals surface area contributed by atoms with Gasteiger partial charge in [-0.15, -0.1) is 0 Å². The lowest BCUT2D eigenvalue weighted by molar-refractivity contribution is 0.411. The summed E-state index contributed by atoms with van der Waals surface area (Å²) in [7, 11) is 1.57. The van der Waals surface area contributed by atoms with E-state index in [4.69, 9.17) is 22.1 Å². The molecule has 0 fully saturated rings. The third kappa shape index (κ3) is 3.43. The van der Waals surface area contributed by atoms with Gasteiger partial charge >= 0.3 is 0 Å². The number of pyridine rings is 1. The van der Waals surface area contributed by atoms with E-state index in [1.807, 2.05) is 6.07 Å². The molecule has 0 radical (unpaired) electrons. The fourth-order valence-electron chi connectivity index (χ4n) is 1.79.